The number of guanidine groups is 1. The van der Waals surface area contributed by atoms with Crippen LogP contribution in [0.15, 0.2) is 45.6 Å². The van der Waals surface area contributed by atoms with Gasteiger partial charge >= 0.3 is 0 Å². The van der Waals surface area contributed by atoms with E-state index in [1.54, 1.807) is 30.1 Å². The van der Waals surface area contributed by atoms with Crippen molar-refractivity contribution in [2.75, 3.05) is 33.4 Å². The molecule has 158 valence electrons. The zero-order valence-electron chi connectivity index (χ0n) is 17.2. The minimum absolute atomic E-state index is 0. The number of hydrogen-bond donors (Lipinski definition) is 1. The summed E-state index contributed by atoms with van der Waals surface area (Å²) in [6, 6.07) is 10.7. The quantitative estimate of drug-likeness (QED) is 0.258. The maximum absolute atomic E-state index is 12.6. The molecular formula is C21H29IN4OS2. The van der Waals surface area contributed by atoms with Crippen LogP contribution in [-0.2, 0) is 24.3 Å². The number of amides is 1. The second-order valence-electron chi connectivity index (χ2n) is 6.86. The molecule has 0 atom stereocenters. The number of carbonyl (C=O) groups is 1. The summed E-state index contributed by atoms with van der Waals surface area (Å²) in [5.41, 5.74) is 2.54. The van der Waals surface area contributed by atoms with Crippen LogP contribution in [-0.4, -0.2) is 55.1 Å². The number of hydrogen-bond acceptors (Lipinski definition) is 4. The lowest BCUT2D eigenvalue weighted by Gasteiger charge is -2.27. The fourth-order valence-corrected chi connectivity index (χ4v) is 4.66. The second kappa shape index (κ2) is 11.8. The number of benzene rings is 1. The molecule has 0 saturated heterocycles. The highest BCUT2D eigenvalue weighted by Gasteiger charge is 2.21. The van der Waals surface area contributed by atoms with E-state index in [9.17, 15) is 4.79 Å². The van der Waals surface area contributed by atoms with Gasteiger partial charge in [0, 0.05) is 56.5 Å². The van der Waals surface area contributed by atoms with Crippen LogP contribution in [0.5, 0.6) is 0 Å². The van der Waals surface area contributed by atoms with Crippen molar-refractivity contribution in [2.45, 2.75) is 30.8 Å². The fraction of sp³-hybridized carbons (Fsp3) is 0.429. The molecule has 0 radical (unpaired) electrons. The van der Waals surface area contributed by atoms with E-state index in [4.69, 9.17) is 0 Å². The van der Waals surface area contributed by atoms with Crippen molar-refractivity contribution in [3.05, 3.63) is 51.7 Å². The zero-order valence-corrected chi connectivity index (χ0v) is 21.1. The molecule has 0 aliphatic carbocycles. The molecule has 0 fully saturated rings. The number of nitrogens with one attached hydrogen (secondary N) is 1. The molecule has 1 amide bonds. The predicted octanol–water partition coefficient (Wildman–Crippen LogP) is 4.07. The highest BCUT2D eigenvalue weighted by molar-refractivity contribution is 14.0. The Morgan fingerprint density at radius 2 is 2.07 bits per heavy atom. The molecule has 3 rings (SSSR count). The van der Waals surface area contributed by atoms with Gasteiger partial charge in [-0.25, -0.2) is 0 Å². The van der Waals surface area contributed by atoms with Gasteiger partial charge in [-0.1, -0.05) is 12.1 Å². The van der Waals surface area contributed by atoms with E-state index >= 15 is 0 Å². The number of aliphatic imine (C=N–C) groups is 1. The van der Waals surface area contributed by atoms with E-state index < -0.39 is 0 Å². The van der Waals surface area contributed by atoms with Crippen LogP contribution in [0.2, 0.25) is 0 Å². The molecule has 2 aromatic rings. The molecule has 0 unspecified atom stereocenters. The minimum Gasteiger partial charge on any atom is -0.356 e. The molecule has 1 aliphatic heterocycles. The van der Waals surface area contributed by atoms with E-state index in [2.05, 4.69) is 57.2 Å². The van der Waals surface area contributed by atoms with Crippen LogP contribution in [0.4, 0.5) is 0 Å². The van der Waals surface area contributed by atoms with Gasteiger partial charge in [0.15, 0.2) is 5.96 Å². The van der Waals surface area contributed by atoms with Gasteiger partial charge in [0.25, 0.3) is 0 Å². The summed E-state index contributed by atoms with van der Waals surface area (Å²) in [7, 11) is 3.79. The van der Waals surface area contributed by atoms with Crippen molar-refractivity contribution in [3.8, 4) is 0 Å². The first-order valence-electron chi connectivity index (χ1n) is 9.48. The highest BCUT2D eigenvalue weighted by Crippen LogP contribution is 2.24. The normalized spacial score (nSPS) is 13.5. The van der Waals surface area contributed by atoms with E-state index in [0.29, 0.717) is 13.0 Å². The monoisotopic (exact) mass is 544 g/mol. The maximum Gasteiger partial charge on any atom is 0.224 e. The first-order chi connectivity index (χ1) is 13.6. The smallest absolute Gasteiger partial charge is 0.224 e. The van der Waals surface area contributed by atoms with E-state index in [-0.39, 0.29) is 29.9 Å². The van der Waals surface area contributed by atoms with E-state index in [1.165, 1.54) is 20.9 Å². The van der Waals surface area contributed by atoms with Gasteiger partial charge in [0.05, 0.1) is 0 Å². The number of halogens is 1. The van der Waals surface area contributed by atoms with E-state index in [0.717, 1.165) is 32.0 Å². The SMILES string of the molecule is CN=C(NCCC(=O)N1CCc2sccc2C1)N(C)Cc1ccc(SC)cc1.I. The summed E-state index contributed by atoms with van der Waals surface area (Å²) < 4.78 is 0. The molecule has 1 aromatic carbocycles. The Bertz CT molecular complexity index is 822. The van der Waals surface area contributed by atoms with Crippen molar-refractivity contribution in [1.29, 1.82) is 0 Å². The molecule has 0 bridgehead atoms. The summed E-state index contributed by atoms with van der Waals surface area (Å²) in [5, 5.41) is 5.44. The first kappa shape index (κ1) is 24.0. The number of rotatable bonds is 6. The zero-order chi connectivity index (χ0) is 19.9. The summed E-state index contributed by atoms with van der Waals surface area (Å²) in [6.07, 6.45) is 3.54. The van der Waals surface area contributed by atoms with Crippen molar-refractivity contribution in [3.63, 3.8) is 0 Å². The van der Waals surface area contributed by atoms with Crippen molar-refractivity contribution >= 4 is 58.9 Å². The summed E-state index contributed by atoms with van der Waals surface area (Å²) in [6.45, 7) is 2.94. The largest absolute Gasteiger partial charge is 0.356 e. The summed E-state index contributed by atoms with van der Waals surface area (Å²) in [4.78, 5) is 23.6. The molecule has 5 nitrogen and oxygen atoms in total. The molecule has 29 heavy (non-hydrogen) atoms. The Morgan fingerprint density at radius 1 is 1.31 bits per heavy atom. The Labute approximate surface area is 199 Å². The molecule has 1 aliphatic rings. The van der Waals surface area contributed by atoms with E-state index in [1.807, 2.05) is 11.9 Å². The first-order valence-corrected chi connectivity index (χ1v) is 11.6. The Kier molecular flexibility index (Phi) is 9.78. The average molecular weight is 545 g/mol. The van der Waals surface area contributed by atoms with Crippen LogP contribution in [0.1, 0.15) is 22.4 Å². The third-order valence-electron chi connectivity index (χ3n) is 4.93. The van der Waals surface area contributed by atoms with Gasteiger partial charge in [0.2, 0.25) is 5.91 Å². The number of carbonyl (C=O) groups excluding carboxylic acids is 1. The Balaban J connectivity index is 0.00000300. The highest BCUT2D eigenvalue weighted by atomic mass is 127. The topological polar surface area (TPSA) is 47.9 Å². The Morgan fingerprint density at radius 3 is 2.76 bits per heavy atom. The van der Waals surface area contributed by atoms with Crippen LogP contribution in [0.25, 0.3) is 0 Å². The number of thiophene rings is 1. The maximum atomic E-state index is 12.6. The van der Waals surface area contributed by atoms with Crippen LogP contribution in [0, 0.1) is 0 Å². The molecule has 0 spiro atoms. The number of fused-ring (bicyclic) bond motifs is 1. The lowest BCUT2D eigenvalue weighted by molar-refractivity contribution is -0.131. The van der Waals surface area contributed by atoms with Crippen molar-refractivity contribution in [2.24, 2.45) is 4.99 Å². The molecule has 1 N–H and O–H groups in total. The third kappa shape index (κ3) is 6.62. The fourth-order valence-electron chi connectivity index (χ4n) is 3.37. The molecular weight excluding hydrogens is 515 g/mol. The van der Waals surface area contributed by atoms with Gasteiger partial charge in [-0.2, -0.15) is 0 Å². The summed E-state index contributed by atoms with van der Waals surface area (Å²) in [5.74, 6) is 1.01. The van der Waals surface area contributed by atoms with Crippen LogP contribution >= 0.6 is 47.1 Å². The van der Waals surface area contributed by atoms with Gasteiger partial charge < -0.3 is 15.1 Å². The average Bonchev–Trinajstić information content (AvgIpc) is 3.19. The van der Waals surface area contributed by atoms with Gasteiger partial charge in [0.1, 0.15) is 0 Å². The number of nitrogens with zero attached hydrogens (tertiary/aromatic N) is 3. The minimum atomic E-state index is 0. The summed E-state index contributed by atoms with van der Waals surface area (Å²) >= 11 is 3.54. The molecule has 2 heterocycles. The van der Waals surface area contributed by atoms with Crippen LogP contribution in [0.3, 0.4) is 0 Å². The third-order valence-corrected chi connectivity index (χ3v) is 6.70. The van der Waals surface area contributed by atoms with Gasteiger partial charge in [-0.3, -0.25) is 9.79 Å². The number of thioether (sulfide) groups is 1. The molecule has 0 saturated carbocycles. The lowest BCUT2D eigenvalue weighted by atomic mass is 10.1. The van der Waals surface area contributed by atoms with Gasteiger partial charge in [-0.05, 0) is 47.4 Å². The predicted molar refractivity (Wildman–Crippen MR) is 135 cm³/mol. The Hall–Kier alpha value is -1.26. The van der Waals surface area contributed by atoms with Crippen LogP contribution < -0.4 is 5.32 Å². The lowest BCUT2D eigenvalue weighted by Crippen LogP contribution is -2.41. The van der Waals surface area contributed by atoms with Crippen molar-refractivity contribution in [1.82, 2.24) is 15.1 Å². The van der Waals surface area contributed by atoms with Gasteiger partial charge in [-0.15, -0.1) is 47.1 Å². The molecule has 8 heteroatoms. The standard InChI is InChI=1S/C21H28N4OS2.HI/c1-22-21(24(2)14-16-4-6-18(27-3)7-5-16)23-11-8-20(26)25-12-9-19-17(15-25)10-13-28-19;/h4-7,10,13H,8-9,11-12,14-15H2,1-3H3,(H,22,23);1H. The molecule has 1 aromatic heterocycles. The van der Waals surface area contributed by atoms with Crippen molar-refractivity contribution < 1.29 is 4.79 Å². The second-order valence-corrected chi connectivity index (χ2v) is 8.74.